The van der Waals surface area contributed by atoms with Crippen LogP contribution in [0.4, 0.5) is 10.5 Å². The summed E-state index contributed by atoms with van der Waals surface area (Å²) in [6.45, 7) is 4.39. The van der Waals surface area contributed by atoms with Gasteiger partial charge in [0.05, 0.1) is 21.9 Å². The number of nitrogens with one attached hydrogen (secondary N) is 2. The van der Waals surface area contributed by atoms with Crippen molar-refractivity contribution in [3.05, 3.63) is 106 Å². The van der Waals surface area contributed by atoms with E-state index in [1.807, 2.05) is 41.3 Å². The van der Waals surface area contributed by atoms with E-state index in [-0.39, 0.29) is 31.1 Å². The summed E-state index contributed by atoms with van der Waals surface area (Å²) < 4.78 is 16.7. The third-order valence-electron chi connectivity index (χ3n) is 7.27. The number of anilines is 1. The Morgan fingerprint density at radius 2 is 1.60 bits per heavy atom. The second-order valence-electron chi connectivity index (χ2n) is 10.3. The summed E-state index contributed by atoms with van der Waals surface area (Å²) >= 11 is 11.9. The standard InChI is InChI=1S/C32H29Cl2N5O5.ClH/c33-26-8-4-23(16-27(26)34)31(40)37-24-5-10-30(35-18-24)44-25-6-1-21(2-7-25)17-36-32(41)39-13-11-38(12-14-39)19-22-3-9-28-29(15-22)43-20-42-28;/h1-10,15-16,18H,11-14,17,19-20H2,(H,36,41)(H,37,40);1H. The molecule has 3 heterocycles. The maximum atomic E-state index is 12.8. The lowest BCUT2D eigenvalue weighted by Crippen LogP contribution is -2.51. The van der Waals surface area contributed by atoms with Crippen LogP contribution in [-0.2, 0) is 13.1 Å². The highest BCUT2D eigenvalue weighted by atomic mass is 35.5. The monoisotopic (exact) mass is 669 g/mol. The lowest BCUT2D eigenvalue weighted by atomic mass is 10.1. The van der Waals surface area contributed by atoms with Crippen LogP contribution in [0.3, 0.4) is 0 Å². The van der Waals surface area contributed by atoms with Crippen molar-refractivity contribution in [1.29, 1.82) is 0 Å². The lowest BCUT2D eigenvalue weighted by molar-refractivity contribution is 0.102. The molecule has 13 heteroatoms. The first kappa shape index (κ1) is 32.2. The van der Waals surface area contributed by atoms with Gasteiger partial charge in [0, 0.05) is 50.9 Å². The quantitative estimate of drug-likeness (QED) is 0.217. The van der Waals surface area contributed by atoms with Crippen molar-refractivity contribution in [1.82, 2.24) is 20.1 Å². The van der Waals surface area contributed by atoms with Crippen LogP contribution < -0.4 is 24.8 Å². The minimum Gasteiger partial charge on any atom is -0.454 e. The molecule has 0 aliphatic carbocycles. The van der Waals surface area contributed by atoms with E-state index < -0.39 is 0 Å². The molecular formula is C32H30Cl3N5O5. The van der Waals surface area contributed by atoms with Gasteiger partial charge in [0.15, 0.2) is 11.5 Å². The summed E-state index contributed by atoms with van der Waals surface area (Å²) in [6.07, 6.45) is 1.51. The molecule has 1 fully saturated rings. The average Bonchev–Trinajstić information content (AvgIpc) is 3.51. The Balaban J connectivity index is 0.00000400. The Morgan fingerprint density at radius 1 is 0.844 bits per heavy atom. The van der Waals surface area contributed by atoms with Crippen LogP contribution in [0.5, 0.6) is 23.1 Å². The number of halogens is 3. The third-order valence-corrected chi connectivity index (χ3v) is 8.01. The molecule has 1 aromatic heterocycles. The van der Waals surface area contributed by atoms with Gasteiger partial charge in [-0.25, -0.2) is 9.78 Å². The number of urea groups is 1. The first-order valence-electron chi connectivity index (χ1n) is 14.0. The summed E-state index contributed by atoms with van der Waals surface area (Å²) in [6, 6.07) is 21.4. The fourth-order valence-corrected chi connectivity index (χ4v) is 5.15. The molecule has 2 N–H and O–H groups in total. The summed E-state index contributed by atoms with van der Waals surface area (Å²) in [5.74, 6) is 2.21. The Kier molecular flexibility index (Phi) is 10.5. The molecular weight excluding hydrogens is 641 g/mol. The van der Waals surface area contributed by atoms with Gasteiger partial charge in [0.2, 0.25) is 12.7 Å². The summed E-state index contributed by atoms with van der Waals surface area (Å²) in [5.41, 5.74) is 3.00. The number of aromatic nitrogens is 1. The van der Waals surface area contributed by atoms with Gasteiger partial charge in [-0.3, -0.25) is 9.69 Å². The van der Waals surface area contributed by atoms with Gasteiger partial charge in [-0.05, 0) is 59.7 Å². The highest BCUT2D eigenvalue weighted by molar-refractivity contribution is 6.42. The SMILES string of the molecule is Cl.O=C(Nc1ccc(Oc2ccc(CNC(=O)N3CCN(Cc4ccc5c(c4)OCO5)CC3)cc2)nc1)c1ccc(Cl)c(Cl)c1. The van der Waals surface area contributed by atoms with Crippen molar-refractivity contribution in [2.24, 2.45) is 0 Å². The molecule has 0 unspecified atom stereocenters. The number of carbonyl (C=O) groups is 2. The topological polar surface area (TPSA) is 105 Å². The van der Waals surface area contributed by atoms with Crippen molar-refractivity contribution < 1.29 is 23.8 Å². The fourth-order valence-electron chi connectivity index (χ4n) is 4.85. The predicted octanol–water partition coefficient (Wildman–Crippen LogP) is 6.61. The van der Waals surface area contributed by atoms with Gasteiger partial charge in [-0.15, -0.1) is 12.4 Å². The Morgan fingerprint density at radius 3 is 2.33 bits per heavy atom. The minimum absolute atomic E-state index is 0. The molecule has 0 atom stereocenters. The van der Waals surface area contributed by atoms with Crippen LogP contribution in [-0.4, -0.2) is 59.7 Å². The number of fused-ring (bicyclic) bond motifs is 1. The van der Waals surface area contributed by atoms with Crippen LogP contribution in [0, 0.1) is 0 Å². The largest absolute Gasteiger partial charge is 0.454 e. The van der Waals surface area contributed by atoms with Crippen LogP contribution >= 0.6 is 35.6 Å². The van der Waals surface area contributed by atoms with Crippen molar-refractivity contribution in [2.45, 2.75) is 13.1 Å². The zero-order chi connectivity index (χ0) is 30.5. The van der Waals surface area contributed by atoms with Gasteiger partial charge in [-0.2, -0.15) is 0 Å². The molecule has 1 saturated heterocycles. The van der Waals surface area contributed by atoms with E-state index in [4.69, 9.17) is 37.4 Å². The van der Waals surface area contributed by atoms with Gasteiger partial charge in [0.1, 0.15) is 5.75 Å². The molecule has 0 radical (unpaired) electrons. The molecule has 2 aliphatic heterocycles. The number of hydrogen-bond acceptors (Lipinski definition) is 7. The van der Waals surface area contributed by atoms with E-state index in [1.54, 1.807) is 24.3 Å². The molecule has 0 saturated carbocycles. The fraction of sp³-hybridized carbons (Fsp3) is 0.219. The lowest BCUT2D eigenvalue weighted by Gasteiger charge is -2.34. The first-order valence-corrected chi connectivity index (χ1v) is 14.8. The first-order chi connectivity index (χ1) is 21.4. The molecule has 3 aromatic carbocycles. The number of hydrogen-bond donors (Lipinski definition) is 2. The van der Waals surface area contributed by atoms with E-state index in [0.29, 0.717) is 52.6 Å². The number of carbonyl (C=O) groups excluding carboxylic acids is 2. The number of nitrogens with zero attached hydrogens (tertiary/aromatic N) is 3. The van der Waals surface area contributed by atoms with E-state index in [1.165, 1.54) is 12.3 Å². The molecule has 2 aliphatic rings. The molecule has 3 amide bonds. The van der Waals surface area contributed by atoms with Crippen molar-refractivity contribution >= 4 is 53.2 Å². The number of pyridine rings is 1. The second-order valence-corrected chi connectivity index (χ2v) is 11.1. The number of rotatable bonds is 8. The van der Waals surface area contributed by atoms with Gasteiger partial charge in [-0.1, -0.05) is 41.4 Å². The smallest absolute Gasteiger partial charge is 0.317 e. The van der Waals surface area contributed by atoms with E-state index in [0.717, 1.165) is 42.3 Å². The summed E-state index contributed by atoms with van der Waals surface area (Å²) in [5, 5.41) is 6.45. The van der Waals surface area contributed by atoms with Crippen molar-refractivity contribution in [2.75, 3.05) is 38.3 Å². The maximum absolute atomic E-state index is 12.8. The van der Waals surface area contributed by atoms with E-state index >= 15 is 0 Å². The zero-order valence-electron chi connectivity index (χ0n) is 24.0. The molecule has 6 rings (SSSR count). The normalized spacial score (nSPS) is 14.0. The third kappa shape index (κ3) is 8.29. The van der Waals surface area contributed by atoms with Gasteiger partial charge >= 0.3 is 6.03 Å². The molecule has 0 spiro atoms. The van der Waals surface area contributed by atoms with E-state index in [9.17, 15) is 9.59 Å². The van der Waals surface area contributed by atoms with E-state index in [2.05, 4.69) is 26.6 Å². The van der Waals surface area contributed by atoms with Crippen LogP contribution in [0.1, 0.15) is 21.5 Å². The molecule has 0 bridgehead atoms. The number of amides is 3. The minimum atomic E-state index is -0.332. The summed E-state index contributed by atoms with van der Waals surface area (Å²) in [4.78, 5) is 33.7. The Bertz CT molecular complexity index is 1650. The van der Waals surface area contributed by atoms with Gasteiger partial charge in [0.25, 0.3) is 5.91 Å². The highest BCUT2D eigenvalue weighted by Gasteiger charge is 2.22. The molecule has 234 valence electrons. The van der Waals surface area contributed by atoms with Crippen molar-refractivity contribution in [3.8, 4) is 23.1 Å². The maximum Gasteiger partial charge on any atom is 0.317 e. The molecule has 4 aromatic rings. The zero-order valence-corrected chi connectivity index (χ0v) is 26.3. The number of ether oxygens (including phenoxy) is 3. The van der Waals surface area contributed by atoms with Crippen molar-refractivity contribution in [3.63, 3.8) is 0 Å². The molecule has 10 nitrogen and oxygen atoms in total. The Hall–Kier alpha value is -4.22. The highest BCUT2D eigenvalue weighted by Crippen LogP contribution is 2.33. The van der Waals surface area contributed by atoms with Gasteiger partial charge < -0.3 is 29.7 Å². The summed E-state index contributed by atoms with van der Waals surface area (Å²) in [7, 11) is 0. The predicted molar refractivity (Wildman–Crippen MR) is 174 cm³/mol. The van der Waals surface area contributed by atoms with Crippen LogP contribution in [0.25, 0.3) is 0 Å². The number of benzene rings is 3. The number of piperazine rings is 1. The second kappa shape index (κ2) is 14.7. The van der Waals surface area contributed by atoms with Crippen LogP contribution in [0.15, 0.2) is 79.0 Å². The van der Waals surface area contributed by atoms with Crippen LogP contribution in [0.2, 0.25) is 10.0 Å². The average molecular weight is 671 g/mol. The Labute approximate surface area is 276 Å². The molecule has 45 heavy (non-hydrogen) atoms.